The summed E-state index contributed by atoms with van der Waals surface area (Å²) in [7, 11) is 3.96. The van der Waals surface area contributed by atoms with Crippen LogP contribution in [0.1, 0.15) is 31.7 Å². The van der Waals surface area contributed by atoms with Gasteiger partial charge < -0.3 is 19.9 Å². The molecule has 0 spiro atoms. The lowest BCUT2D eigenvalue weighted by atomic mass is 10.1. The number of aliphatic imine (C=N–C) groups is 1. The van der Waals surface area contributed by atoms with Gasteiger partial charge in [0.25, 0.3) is 0 Å². The molecule has 1 saturated heterocycles. The molecule has 5 heteroatoms. The van der Waals surface area contributed by atoms with E-state index in [4.69, 9.17) is 4.74 Å². The molecular weight excluding hydrogens is 312 g/mol. The molecule has 1 unspecified atom stereocenters. The number of hydrogen-bond acceptors (Lipinski definition) is 3. The van der Waals surface area contributed by atoms with Crippen molar-refractivity contribution in [2.45, 2.75) is 38.8 Å². The van der Waals surface area contributed by atoms with Gasteiger partial charge in [0.15, 0.2) is 5.96 Å². The Morgan fingerprint density at radius 3 is 2.68 bits per heavy atom. The van der Waals surface area contributed by atoms with Crippen LogP contribution in [0.3, 0.4) is 0 Å². The zero-order valence-electron chi connectivity index (χ0n) is 15.9. The van der Waals surface area contributed by atoms with Crippen molar-refractivity contribution in [3.05, 3.63) is 29.8 Å². The number of nitrogens with zero attached hydrogens (tertiary/aromatic N) is 3. The first-order valence-electron chi connectivity index (χ1n) is 9.57. The SMILES string of the molecule is CCOc1ccc(CN(C)C(=NC)NCC2CCN(C3CC3)C2)cc1. The Morgan fingerprint density at radius 2 is 2.04 bits per heavy atom. The molecule has 0 aromatic heterocycles. The van der Waals surface area contributed by atoms with Crippen LogP contribution in [-0.2, 0) is 6.54 Å². The average molecular weight is 345 g/mol. The lowest BCUT2D eigenvalue weighted by Gasteiger charge is -2.24. The summed E-state index contributed by atoms with van der Waals surface area (Å²) in [5, 5.41) is 3.57. The molecular formula is C20H32N4O. The molecule has 1 aliphatic carbocycles. The van der Waals surface area contributed by atoms with Gasteiger partial charge in [-0.15, -0.1) is 0 Å². The second-order valence-corrected chi connectivity index (χ2v) is 7.24. The highest BCUT2D eigenvalue weighted by Crippen LogP contribution is 2.31. The van der Waals surface area contributed by atoms with Crippen LogP contribution in [0.25, 0.3) is 0 Å². The number of rotatable bonds is 7. The molecule has 1 saturated carbocycles. The van der Waals surface area contributed by atoms with Gasteiger partial charge >= 0.3 is 0 Å². The summed E-state index contributed by atoms with van der Waals surface area (Å²) < 4.78 is 5.51. The van der Waals surface area contributed by atoms with Gasteiger partial charge in [-0.2, -0.15) is 0 Å². The molecule has 0 radical (unpaired) electrons. The molecule has 25 heavy (non-hydrogen) atoms. The van der Waals surface area contributed by atoms with Crippen LogP contribution in [0.5, 0.6) is 5.75 Å². The third kappa shape index (κ3) is 5.11. The van der Waals surface area contributed by atoms with Gasteiger partial charge in [0, 0.05) is 39.8 Å². The normalized spacial score (nSPS) is 21.4. The number of likely N-dealkylation sites (tertiary alicyclic amines) is 1. The Hall–Kier alpha value is -1.75. The third-order valence-electron chi connectivity index (χ3n) is 5.16. The van der Waals surface area contributed by atoms with Crippen molar-refractivity contribution >= 4 is 5.96 Å². The van der Waals surface area contributed by atoms with Crippen molar-refractivity contribution in [3.8, 4) is 5.75 Å². The minimum Gasteiger partial charge on any atom is -0.494 e. The molecule has 0 amide bonds. The molecule has 2 fully saturated rings. The highest BCUT2D eigenvalue weighted by molar-refractivity contribution is 5.79. The van der Waals surface area contributed by atoms with Crippen LogP contribution in [0, 0.1) is 5.92 Å². The van der Waals surface area contributed by atoms with Gasteiger partial charge in [-0.1, -0.05) is 12.1 Å². The number of benzene rings is 1. The molecule has 1 aliphatic heterocycles. The molecule has 1 aromatic rings. The maximum atomic E-state index is 5.51. The minimum absolute atomic E-state index is 0.704. The monoisotopic (exact) mass is 344 g/mol. The smallest absolute Gasteiger partial charge is 0.193 e. The van der Waals surface area contributed by atoms with Crippen molar-refractivity contribution in [2.75, 3.05) is 40.3 Å². The van der Waals surface area contributed by atoms with Gasteiger partial charge in [-0.3, -0.25) is 4.99 Å². The summed E-state index contributed by atoms with van der Waals surface area (Å²) >= 11 is 0. The predicted octanol–water partition coefficient (Wildman–Crippen LogP) is 2.58. The van der Waals surface area contributed by atoms with Crippen LogP contribution in [0.4, 0.5) is 0 Å². The third-order valence-corrected chi connectivity index (χ3v) is 5.16. The summed E-state index contributed by atoms with van der Waals surface area (Å²) in [5.74, 6) is 2.65. The maximum absolute atomic E-state index is 5.51. The fourth-order valence-electron chi connectivity index (χ4n) is 3.63. The molecule has 2 aliphatic rings. The van der Waals surface area contributed by atoms with Crippen molar-refractivity contribution < 1.29 is 4.74 Å². The lowest BCUT2D eigenvalue weighted by molar-refractivity contribution is 0.313. The zero-order chi connectivity index (χ0) is 17.6. The molecule has 5 nitrogen and oxygen atoms in total. The topological polar surface area (TPSA) is 40.1 Å². The van der Waals surface area contributed by atoms with E-state index in [1.807, 2.05) is 26.1 Å². The standard InChI is InChI=1S/C20H32N4O/c1-4-25-19-9-5-16(6-10-19)14-23(3)20(21-2)22-13-17-11-12-24(15-17)18-7-8-18/h5-6,9-10,17-18H,4,7-8,11-15H2,1-3H3,(H,21,22). The van der Waals surface area contributed by atoms with E-state index in [1.54, 1.807) is 0 Å². The minimum atomic E-state index is 0.704. The van der Waals surface area contributed by atoms with E-state index in [9.17, 15) is 0 Å². The van der Waals surface area contributed by atoms with Gasteiger partial charge in [0.05, 0.1) is 6.61 Å². The van der Waals surface area contributed by atoms with Crippen LogP contribution < -0.4 is 10.1 Å². The summed E-state index contributed by atoms with van der Waals surface area (Å²) in [6.07, 6.45) is 4.13. The first-order chi connectivity index (χ1) is 12.2. The fraction of sp³-hybridized carbons (Fsp3) is 0.650. The first-order valence-corrected chi connectivity index (χ1v) is 9.57. The Kier molecular flexibility index (Phi) is 6.19. The van der Waals surface area contributed by atoms with Gasteiger partial charge in [-0.05, 0) is 56.3 Å². The maximum Gasteiger partial charge on any atom is 0.193 e. The Balaban J connectivity index is 1.45. The quantitative estimate of drug-likeness (QED) is 0.610. The number of hydrogen-bond donors (Lipinski definition) is 1. The summed E-state index contributed by atoms with van der Waals surface area (Å²) in [5.41, 5.74) is 1.26. The summed E-state index contributed by atoms with van der Waals surface area (Å²) in [6, 6.07) is 9.21. The molecule has 0 bridgehead atoms. The Bertz CT molecular complexity index is 568. The average Bonchev–Trinajstić information content (AvgIpc) is 3.36. The van der Waals surface area contributed by atoms with Crippen molar-refractivity contribution in [1.82, 2.24) is 15.1 Å². The van der Waals surface area contributed by atoms with Crippen molar-refractivity contribution in [3.63, 3.8) is 0 Å². The molecule has 1 aromatic carbocycles. The first kappa shape index (κ1) is 18.1. The van der Waals surface area contributed by atoms with Crippen LogP contribution in [-0.4, -0.2) is 62.1 Å². The van der Waals surface area contributed by atoms with Gasteiger partial charge in [-0.25, -0.2) is 0 Å². The molecule has 138 valence electrons. The Labute approximate surface area is 152 Å². The zero-order valence-corrected chi connectivity index (χ0v) is 15.9. The van der Waals surface area contributed by atoms with Crippen LogP contribution in [0.15, 0.2) is 29.3 Å². The summed E-state index contributed by atoms with van der Waals surface area (Å²) in [4.78, 5) is 9.30. The van der Waals surface area contributed by atoms with E-state index in [1.165, 1.54) is 37.9 Å². The highest BCUT2D eigenvalue weighted by Gasteiger charge is 2.34. The lowest BCUT2D eigenvalue weighted by Crippen LogP contribution is -2.41. The second-order valence-electron chi connectivity index (χ2n) is 7.24. The van der Waals surface area contributed by atoms with Crippen molar-refractivity contribution in [2.24, 2.45) is 10.9 Å². The van der Waals surface area contributed by atoms with Gasteiger partial charge in [0.2, 0.25) is 0 Å². The van der Waals surface area contributed by atoms with E-state index in [2.05, 4.69) is 39.3 Å². The largest absolute Gasteiger partial charge is 0.494 e. The number of nitrogens with one attached hydrogen (secondary N) is 1. The van der Waals surface area contributed by atoms with E-state index in [0.29, 0.717) is 6.61 Å². The fourth-order valence-corrected chi connectivity index (χ4v) is 3.63. The second kappa shape index (κ2) is 8.56. The predicted molar refractivity (Wildman–Crippen MR) is 103 cm³/mol. The van der Waals surface area contributed by atoms with Gasteiger partial charge in [0.1, 0.15) is 5.75 Å². The van der Waals surface area contributed by atoms with Crippen LogP contribution >= 0.6 is 0 Å². The van der Waals surface area contributed by atoms with Crippen LogP contribution in [0.2, 0.25) is 0 Å². The van der Waals surface area contributed by atoms with E-state index in [-0.39, 0.29) is 0 Å². The number of ether oxygens (including phenoxy) is 1. The van der Waals surface area contributed by atoms with Crippen molar-refractivity contribution in [1.29, 1.82) is 0 Å². The van der Waals surface area contributed by atoms with E-state index in [0.717, 1.165) is 36.8 Å². The Morgan fingerprint density at radius 1 is 1.28 bits per heavy atom. The molecule has 1 N–H and O–H groups in total. The summed E-state index contributed by atoms with van der Waals surface area (Å²) in [6.45, 7) is 7.09. The molecule has 1 heterocycles. The van der Waals surface area contributed by atoms with E-state index < -0.39 is 0 Å². The highest BCUT2D eigenvalue weighted by atomic mass is 16.5. The molecule has 1 atom stereocenters. The number of guanidine groups is 1. The molecule has 3 rings (SSSR count). The van der Waals surface area contributed by atoms with E-state index >= 15 is 0 Å².